The van der Waals surface area contributed by atoms with Crippen LogP contribution in [0.1, 0.15) is 25.7 Å². The van der Waals surface area contributed by atoms with Crippen molar-refractivity contribution >= 4 is 45.7 Å². The van der Waals surface area contributed by atoms with Gasteiger partial charge < -0.3 is 64.9 Å². The van der Waals surface area contributed by atoms with E-state index in [0.29, 0.717) is 115 Å². The SMILES string of the molecule is C#CCOC(=O)NCCOCCOCCOCCC(=O)NCCOCCOCCOCCC(=O)NCCCCn1nc(-c2cc3cc(O)ccc3[nH]2)c2c(N)ncnc21. The van der Waals surface area contributed by atoms with Crippen LogP contribution in [0.3, 0.4) is 0 Å². The van der Waals surface area contributed by atoms with Crippen LogP contribution in [0.15, 0.2) is 30.6 Å². The Kier molecular flexibility index (Phi) is 21.3. The number of hydrogen-bond donors (Lipinski definition) is 6. The van der Waals surface area contributed by atoms with E-state index >= 15 is 0 Å². The number of aromatic hydroxyl groups is 1. The summed E-state index contributed by atoms with van der Waals surface area (Å²) < 4.78 is 39.0. The Labute approximate surface area is 342 Å². The number of terminal acetylenes is 1. The molecule has 0 saturated carbocycles. The number of nitrogen functional groups attached to an aromatic ring is 1. The van der Waals surface area contributed by atoms with Crippen molar-refractivity contribution in [2.75, 3.05) is 111 Å². The Morgan fingerprint density at radius 1 is 0.763 bits per heavy atom. The predicted octanol–water partition coefficient (Wildman–Crippen LogP) is 1.51. The molecule has 20 nitrogen and oxygen atoms in total. The number of rotatable bonds is 31. The third kappa shape index (κ3) is 17.4. The minimum Gasteiger partial charge on any atom is -0.508 e. The summed E-state index contributed by atoms with van der Waals surface area (Å²) in [6.07, 6.45) is 7.78. The second-order valence-corrected chi connectivity index (χ2v) is 12.8. The first kappa shape index (κ1) is 46.1. The first-order chi connectivity index (χ1) is 28.9. The molecule has 4 aromatic rings. The molecule has 0 radical (unpaired) electrons. The summed E-state index contributed by atoms with van der Waals surface area (Å²) in [7, 11) is 0. The van der Waals surface area contributed by atoms with Gasteiger partial charge in [0.2, 0.25) is 11.8 Å². The van der Waals surface area contributed by atoms with Crippen molar-refractivity contribution in [2.45, 2.75) is 32.2 Å². The van der Waals surface area contributed by atoms with Crippen molar-refractivity contribution in [1.29, 1.82) is 0 Å². The Hall–Kier alpha value is -5.56. The van der Waals surface area contributed by atoms with Gasteiger partial charge in [0.05, 0.1) is 90.4 Å². The normalized spacial score (nSPS) is 11.2. The molecule has 4 rings (SSSR count). The zero-order chi connectivity index (χ0) is 41.9. The molecule has 3 aromatic heterocycles. The summed E-state index contributed by atoms with van der Waals surface area (Å²) >= 11 is 0. The molecule has 7 N–H and O–H groups in total. The monoisotopic (exact) mass is 825 g/mol. The molecular formula is C39H55N9O11. The lowest BCUT2D eigenvalue weighted by atomic mass is 10.2. The number of aromatic amines is 1. The molecule has 3 amide bonds. The van der Waals surface area contributed by atoms with E-state index in [1.807, 2.05) is 6.07 Å². The molecule has 0 aliphatic carbocycles. The fourth-order valence-corrected chi connectivity index (χ4v) is 5.47. The van der Waals surface area contributed by atoms with Crippen LogP contribution in [0.5, 0.6) is 5.75 Å². The summed E-state index contributed by atoms with van der Waals surface area (Å²) in [6, 6.07) is 7.00. The highest BCUT2D eigenvalue weighted by atomic mass is 16.6. The number of aromatic nitrogens is 5. The van der Waals surface area contributed by atoms with Gasteiger partial charge in [0, 0.05) is 49.9 Å². The number of hydrogen-bond acceptors (Lipinski definition) is 15. The quantitative estimate of drug-likeness (QED) is 0.0311. The number of carbonyl (C=O) groups is 3. The Morgan fingerprint density at radius 3 is 2.00 bits per heavy atom. The van der Waals surface area contributed by atoms with E-state index in [1.54, 1.807) is 22.9 Å². The zero-order valence-corrected chi connectivity index (χ0v) is 33.2. The van der Waals surface area contributed by atoms with E-state index in [-0.39, 0.29) is 50.2 Å². The first-order valence-electron chi connectivity index (χ1n) is 19.5. The standard InChI is InChI=1S/C39H55N9O11/c1-2-13-59-39(52)43-11-17-56-21-25-58-23-19-54-15-8-34(51)42-10-16-55-20-24-57-22-18-53-14-7-33(50)41-9-3-4-12-48-38-35(37(40)44-28-45-38)36(47-48)32-27-29-26-30(49)5-6-31(29)46-32/h1,5-6,26-28,46,49H,3-4,7-25H2,(H,41,50)(H,42,51)(H,43,52)(H2,40,44,45). The van der Waals surface area contributed by atoms with Gasteiger partial charge in [0.1, 0.15) is 23.6 Å². The van der Waals surface area contributed by atoms with Gasteiger partial charge >= 0.3 is 6.09 Å². The van der Waals surface area contributed by atoms with Gasteiger partial charge in [-0.2, -0.15) is 5.10 Å². The van der Waals surface area contributed by atoms with Crippen LogP contribution in [-0.4, -0.2) is 153 Å². The molecule has 0 aliphatic heterocycles. The van der Waals surface area contributed by atoms with E-state index in [4.69, 9.17) is 45.7 Å². The van der Waals surface area contributed by atoms with Gasteiger partial charge in [-0.25, -0.2) is 19.4 Å². The van der Waals surface area contributed by atoms with Crippen LogP contribution >= 0.6 is 0 Å². The zero-order valence-electron chi connectivity index (χ0n) is 33.2. The third-order valence-corrected chi connectivity index (χ3v) is 8.34. The van der Waals surface area contributed by atoms with Crippen LogP contribution in [0.4, 0.5) is 10.6 Å². The number of aryl methyl sites for hydroxylation is 1. The molecular weight excluding hydrogens is 770 g/mol. The van der Waals surface area contributed by atoms with Crippen molar-refractivity contribution in [1.82, 2.24) is 40.7 Å². The van der Waals surface area contributed by atoms with Crippen LogP contribution in [0.2, 0.25) is 0 Å². The second-order valence-electron chi connectivity index (χ2n) is 12.8. The maximum atomic E-state index is 12.3. The van der Waals surface area contributed by atoms with Gasteiger partial charge in [-0.15, -0.1) is 6.42 Å². The van der Waals surface area contributed by atoms with Crippen LogP contribution in [0, 0.1) is 12.3 Å². The maximum absolute atomic E-state index is 12.3. The number of nitrogens with two attached hydrogens (primary N) is 1. The van der Waals surface area contributed by atoms with Gasteiger partial charge in [0.25, 0.3) is 0 Å². The molecule has 1 aromatic carbocycles. The van der Waals surface area contributed by atoms with Crippen molar-refractivity contribution in [3.8, 4) is 29.5 Å². The van der Waals surface area contributed by atoms with Crippen molar-refractivity contribution < 1.29 is 52.6 Å². The number of nitrogens with one attached hydrogen (secondary N) is 4. The molecule has 0 fully saturated rings. The number of fused-ring (bicyclic) bond motifs is 2. The van der Waals surface area contributed by atoms with E-state index in [2.05, 4.69) is 41.6 Å². The van der Waals surface area contributed by atoms with E-state index in [9.17, 15) is 19.5 Å². The number of benzene rings is 1. The molecule has 0 aliphatic rings. The molecule has 20 heteroatoms. The lowest BCUT2D eigenvalue weighted by Gasteiger charge is -2.09. The van der Waals surface area contributed by atoms with Crippen molar-refractivity contribution in [2.24, 2.45) is 0 Å². The molecule has 59 heavy (non-hydrogen) atoms. The van der Waals surface area contributed by atoms with Crippen LogP contribution < -0.4 is 21.7 Å². The summed E-state index contributed by atoms with van der Waals surface area (Å²) in [5.74, 6) is 2.48. The molecule has 3 heterocycles. The molecule has 322 valence electrons. The Bertz CT molecular complexity index is 1910. The number of H-pyrrole nitrogens is 1. The number of phenols is 1. The van der Waals surface area contributed by atoms with Crippen LogP contribution in [-0.2, 0) is 49.3 Å². The van der Waals surface area contributed by atoms with Gasteiger partial charge in [-0.05, 0) is 37.1 Å². The number of unbranched alkanes of at least 4 members (excludes halogenated alkanes) is 1. The van der Waals surface area contributed by atoms with Gasteiger partial charge in [-0.1, -0.05) is 5.92 Å². The Morgan fingerprint density at radius 2 is 1.36 bits per heavy atom. The van der Waals surface area contributed by atoms with Crippen molar-refractivity contribution in [3.63, 3.8) is 0 Å². The topological polar surface area (TPSA) is 258 Å². The smallest absolute Gasteiger partial charge is 0.408 e. The lowest BCUT2D eigenvalue weighted by molar-refractivity contribution is -0.123. The predicted molar refractivity (Wildman–Crippen MR) is 216 cm³/mol. The minimum absolute atomic E-state index is 0.0783. The largest absolute Gasteiger partial charge is 0.508 e. The molecule has 0 bridgehead atoms. The third-order valence-electron chi connectivity index (χ3n) is 8.34. The summed E-state index contributed by atoms with van der Waals surface area (Å²) in [4.78, 5) is 47.3. The lowest BCUT2D eigenvalue weighted by Crippen LogP contribution is -2.28. The highest BCUT2D eigenvalue weighted by Crippen LogP contribution is 2.32. The van der Waals surface area contributed by atoms with E-state index in [0.717, 1.165) is 29.4 Å². The van der Waals surface area contributed by atoms with Crippen LogP contribution in [0.25, 0.3) is 33.3 Å². The van der Waals surface area contributed by atoms with E-state index in [1.165, 1.54) is 6.33 Å². The maximum Gasteiger partial charge on any atom is 0.408 e. The van der Waals surface area contributed by atoms with Gasteiger partial charge in [-0.3, -0.25) is 9.59 Å². The number of nitrogens with zero attached hydrogens (tertiary/aromatic N) is 4. The number of ether oxygens (including phenoxy) is 7. The number of phenolic OH excluding ortho intramolecular Hbond substituents is 1. The highest BCUT2D eigenvalue weighted by molar-refractivity contribution is 6.00. The average Bonchev–Trinajstić information content (AvgIpc) is 3.82. The fraction of sp³-hybridized carbons (Fsp3) is 0.538. The summed E-state index contributed by atoms with van der Waals surface area (Å²) in [5.41, 5.74) is 9.09. The number of anilines is 1. The number of alkyl carbamates (subject to hydrolysis) is 1. The summed E-state index contributed by atoms with van der Waals surface area (Å²) in [5, 5.41) is 24.3. The highest BCUT2D eigenvalue weighted by Gasteiger charge is 2.18. The Balaban J connectivity index is 0.900. The summed E-state index contributed by atoms with van der Waals surface area (Å²) in [6.45, 7) is 5.87. The molecule has 0 spiro atoms. The minimum atomic E-state index is -0.588. The number of amides is 3. The molecule has 0 atom stereocenters. The fourth-order valence-electron chi connectivity index (χ4n) is 5.47. The van der Waals surface area contributed by atoms with Gasteiger partial charge in [0.15, 0.2) is 12.3 Å². The first-order valence-corrected chi connectivity index (χ1v) is 19.5. The molecule has 0 unspecified atom stereocenters. The molecule has 0 saturated heterocycles. The number of carbonyl (C=O) groups excluding carboxylic acids is 3. The second kappa shape index (κ2) is 27.2. The van der Waals surface area contributed by atoms with Crippen molar-refractivity contribution in [3.05, 3.63) is 30.6 Å². The average molecular weight is 826 g/mol. The van der Waals surface area contributed by atoms with E-state index < -0.39 is 6.09 Å².